The van der Waals surface area contributed by atoms with Gasteiger partial charge in [-0.25, -0.2) is 0 Å². The molecule has 102 valence electrons. The quantitative estimate of drug-likeness (QED) is 0.789. The van der Waals surface area contributed by atoms with E-state index < -0.39 is 0 Å². The van der Waals surface area contributed by atoms with Gasteiger partial charge in [-0.2, -0.15) is 0 Å². The smallest absolute Gasteiger partial charge is 0.239 e. The Morgan fingerprint density at radius 1 is 0.944 bits per heavy atom. The fraction of sp³-hybridized carbons (Fsp3) is 0.929. The Morgan fingerprint density at radius 2 is 1.67 bits per heavy atom. The van der Waals surface area contributed by atoms with Crippen molar-refractivity contribution >= 4 is 5.91 Å². The number of rotatable bonds is 2. The molecule has 0 aromatic heterocycles. The van der Waals surface area contributed by atoms with Crippen LogP contribution >= 0.6 is 0 Å². The monoisotopic (exact) mass is 251 g/mol. The summed E-state index contributed by atoms with van der Waals surface area (Å²) >= 11 is 0. The van der Waals surface area contributed by atoms with E-state index in [0.29, 0.717) is 5.91 Å². The Morgan fingerprint density at radius 3 is 2.28 bits per heavy atom. The molecule has 3 saturated heterocycles. The van der Waals surface area contributed by atoms with Crippen molar-refractivity contribution in [1.82, 2.24) is 15.1 Å². The minimum atomic E-state index is 0.119. The number of hydrogen-bond acceptors (Lipinski definition) is 3. The van der Waals surface area contributed by atoms with Gasteiger partial charge in [-0.1, -0.05) is 0 Å². The van der Waals surface area contributed by atoms with Crippen LogP contribution in [0.1, 0.15) is 38.5 Å². The molecule has 3 aliphatic rings. The van der Waals surface area contributed by atoms with Crippen molar-refractivity contribution in [2.45, 2.75) is 50.6 Å². The van der Waals surface area contributed by atoms with E-state index in [-0.39, 0.29) is 6.04 Å². The number of amides is 1. The second kappa shape index (κ2) is 5.57. The normalized spacial score (nSPS) is 31.1. The summed E-state index contributed by atoms with van der Waals surface area (Å²) < 4.78 is 0. The second-order valence-electron chi connectivity index (χ2n) is 5.95. The van der Waals surface area contributed by atoms with Gasteiger partial charge in [0.2, 0.25) is 5.91 Å². The zero-order valence-electron chi connectivity index (χ0n) is 11.2. The van der Waals surface area contributed by atoms with Crippen LogP contribution in [0.3, 0.4) is 0 Å². The lowest BCUT2D eigenvalue weighted by molar-refractivity contribution is -0.134. The van der Waals surface area contributed by atoms with Crippen molar-refractivity contribution in [3.05, 3.63) is 0 Å². The third-order valence-electron chi connectivity index (χ3n) is 4.79. The van der Waals surface area contributed by atoms with E-state index in [2.05, 4.69) is 15.1 Å². The zero-order chi connectivity index (χ0) is 12.4. The highest BCUT2D eigenvalue weighted by atomic mass is 16.2. The number of hydrogen-bond donors (Lipinski definition) is 1. The van der Waals surface area contributed by atoms with Crippen molar-refractivity contribution in [3.8, 4) is 0 Å². The molecule has 0 spiro atoms. The van der Waals surface area contributed by atoms with Crippen molar-refractivity contribution < 1.29 is 4.79 Å². The zero-order valence-corrected chi connectivity index (χ0v) is 11.2. The molecule has 18 heavy (non-hydrogen) atoms. The third-order valence-corrected chi connectivity index (χ3v) is 4.79. The molecule has 0 aromatic rings. The molecule has 4 nitrogen and oxygen atoms in total. The average Bonchev–Trinajstić information content (AvgIpc) is 3.11. The Bertz CT molecular complexity index is 287. The SMILES string of the molecule is O=C([C@@H]1CCCN1)N1CCC(N2CCCC2)CC1. The molecule has 0 aliphatic carbocycles. The highest BCUT2D eigenvalue weighted by Gasteiger charge is 2.31. The fourth-order valence-corrected chi connectivity index (χ4v) is 3.67. The Balaban J connectivity index is 1.48. The summed E-state index contributed by atoms with van der Waals surface area (Å²) in [6.45, 7) is 5.52. The summed E-state index contributed by atoms with van der Waals surface area (Å²) in [5.74, 6) is 0.354. The lowest BCUT2D eigenvalue weighted by Gasteiger charge is -2.37. The standard InChI is InChI=1S/C14H25N3O/c18-14(13-4-3-7-15-13)17-10-5-12(6-11-17)16-8-1-2-9-16/h12-13,15H,1-11H2/t13-/m0/s1. The molecule has 0 aromatic carbocycles. The first-order valence-electron chi connectivity index (χ1n) is 7.61. The van der Waals surface area contributed by atoms with Crippen LogP contribution in [0.25, 0.3) is 0 Å². The number of nitrogens with one attached hydrogen (secondary N) is 1. The van der Waals surface area contributed by atoms with Crippen LogP contribution in [0.2, 0.25) is 0 Å². The number of carbonyl (C=O) groups excluding carboxylic acids is 1. The molecule has 0 unspecified atom stereocenters. The van der Waals surface area contributed by atoms with Crippen LogP contribution < -0.4 is 5.32 Å². The number of carbonyl (C=O) groups is 1. The lowest BCUT2D eigenvalue weighted by Crippen LogP contribution is -2.50. The van der Waals surface area contributed by atoms with E-state index in [1.54, 1.807) is 0 Å². The van der Waals surface area contributed by atoms with E-state index in [0.717, 1.165) is 38.5 Å². The molecule has 3 rings (SSSR count). The van der Waals surface area contributed by atoms with E-state index >= 15 is 0 Å². The van der Waals surface area contributed by atoms with Gasteiger partial charge in [-0.05, 0) is 58.2 Å². The van der Waals surface area contributed by atoms with Crippen LogP contribution in [0.15, 0.2) is 0 Å². The van der Waals surface area contributed by atoms with Gasteiger partial charge >= 0.3 is 0 Å². The van der Waals surface area contributed by atoms with Crippen LogP contribution in [-0.4, -0.2) is 60.5 Å². The van der Waals surface area contributed by atoms with Gasteiger partial charge in [0, 0.05) is 19.1 Å². The molecule has 3 heterocycles. The predicted octanol–water partition coefficient (Wildman–Crippen LogP) is 0.825. The summed E-state index contributed by atoms with van der Waals surface area (Å²) in [5, 5.41) is 3.32. The van der Waals surface area contributed by atoms with Crippen LogP contribution in [0, 0.1) is 0 Å². The van der Waals surface area contributed by atoms with Gasteiger partial charge in [0.1, 0.15) is 0 Å². The van der Waals surface area contributed by atoms with Crippen molar-refractivity contribution in [1.29, 1.82) is 0 Å². The molecule has 0 radical (unpaired) electrons. The molecule has 1 N–H and O–H groups in total. The molecule has 0 saturated carbocycles. The highest BCUT2D eigenvalue weighted by Crippen LogP contribution is 2.22. The van der Waals surface area contributed by atoms with Gasteiger partial charge in [0.05, 0.1) is 6.04 Å². The Hall–Kier alpha value is -0.610. The first-order valence-corrected chi connectivity index (χ1v) is 7.61. The summed E-state index contributed by atoms with van der Waals surface area (Å²) in [6, 6.07) is 0.862. The molecule has 1 atom stereocenters. The minimum Gasteiger partial charge on any atom is -0.341 e. The van der Waals surface area contributed by atoms with Crippen LogP contribution in [0.5, 0.6) is 0 Å². The van der Waals surface area contributed by atoms with E-state index in [1.165, 1.54) is 38.8 Å². The minimum absolute atomic E-state index is 0.119. The molecular formula is C14H25N3O. The number of nitrogens with zero attached hydrogens (tertiary/aromatic N) is 2. The van der Waals surface area contributed by atoms with Crippen molar-refractivity contribution in [2.24, 2.45) is 0 Å². The summed E-state index contributed by atoms with van der Waals surface area (Å²) in [4.78, 5) is 17.0. The molecule has 0 bridgehead atoms. The molecule has 3 aliphatic heterocycles. The summed E-state index contributed by atoms with van der Waals surface area (Å²) in [5.41, 5.74) is 0. The Kier molecular flexibility index (Phi) is 3.85. The van der Waals surface area contributed by atoms with Gasteiger partial charge < -0.3 is 15.1 Å². The van der Waals surface area contributed by atoms with Gasteiger partial charge in [0.15, 0.2) is 0 Å². The maximum Gasteiger partial charge on any atom is 0.239 e. The number of piperidine rings is 1. The fourth-order valence-electron chi connectivity index (χ4n) is 3.67. The topological polar surface area (TPSA) is 35.6 Å². The highest BCUT2D eigenvalue weighted by molar-refractivity contribution is 5.82. The van der Waals surface area contributed by atoms with E-state index in [4.69, 9.17) is 0 Å². The number of likely N-dealkylation sites (tertiary alicyclic amines) is 2. The largest absolute Gasteiger partial charge is 0.341 e. The third kappa shape index (κ3) is 2.54. The van der Waals surface area contributed by atoms with E-state index in [9.17, 15) is 4.79 Å². The van der Waals surface area contributed by atoms with Crippen molar-refractivity contribution in [3.63, 3.8) is 0 Å². The van der Waals surface area contributed by atoms with Crippen molar-refractivity contribution in [2.75, 3.05) is 32.7 Å². The predicted molar refractivity (Wildman–Crippen MR) is 71.4 cm³/mol. The van der Waals surface area contributed by atoms with Crippen LogP contribution in [0.4, 0.5) is 0 Å². The van der Waals surface area contributed by atoms with Gasteiger partial charge in [-0.3, -0.25) is 4.79 Å². The first kappa shape index (κ1) is 12.4. The van der Waals surface area contributed by atoms with E-state index in [1.807, 2.05) is 0 Å². The van der Waals surface area contributed by atoms with Gasteiger partial charge in [-0.15, -0.1) is 0 Å². The molecular weight excluding hydrogens is 226 g/mol. The second-order valence-corrected chi connectivity index (χ2v) is 5.95. The summed E-state index contributed by atoms with van der Waals surface area (Å²) in [7, 11) is 0. The summed E-state index contributed by atoms with van der Waals surface area (Å²) in [6.07, 6.45) is 7.28. The first-order chi connectivity index (χ1) is 8.84. The van der Waals surface area contributed by atoms with Crippen LogP contribution in [-0.2, 0) is 4.79 Å². The Labute approximate surface area is 110 Å². The molecule has 3 fully saturated rings. The lowest BCUT2D eigenvalue weighted by atomic mass is 10.0. The molecule has 4 heteroatoms. The maximum absolute atomic E-state index is 12.3. The molecule has 1 amide bonds. The van der Waals surface area contributed by atoms with Gasteiger partial charge in [0.25, 0.3) is 0 Å². The average molecular weight is 251 g/mol. The maximum atomic E-state index is 12.3.